The van der Waals surface area contributed by atoms with Crippen LogP contribution in [-0.2, 0) is 16.1 Å². The zero-order valence-corrected chi connectivity index (χ0v) is 14.2. The van der Waals surface area contributed by atoms with Crippen LogP contribution in [0.25, 0.3) is 0 Å². The zero-order valence-electron chi connectivity index (χ0n) is 14.2. The Morgan fingerprint density at radius 2 is 2.17 bits per heavy atom. The largest absolute Gasteiger partial charge is 0.444 e. The molecule has 3 heterocycles. The molecule has 1 aromatic rings. The van der Waals surface area contributed by atoms with Gasteiger partial charge in [-0.1, -0.05) is 0 Å². The van der Waals surface area contributed by atoms with Gasteiger partial charge in [0.05, 0.1) is 12.7 Å². The normalized spacial score (nSPS) is 23.3. The standard InChI is InChI=1S/C17H27N3O3/c1-13-9-18-17(23-13)12-20(14(2)21)16-3-6-19(11-16)10-15-4-7-22-8-5-15/h9,15-16H,3-8,10-12H2,1-2H3/t16-/m1/s1. The highest BCUT2D eigenvalue weighted by Gasteiger charge is 2.31. The highest BCUT2D eigenvalue weighted by molar-refractivity contribution is 5.73. The summed E-state index contributed by atoms with van der Waals surface area (Å²) in [5, 5.41) is 0. The second-order valence-electron chi connectivity index (χ2n) is 6.77. The fourth-order valence-corrected chi connectivity index (χ4v) is 3.64. The lowest BCUT2D eigenvalue weighted by Gasteiger charge is -2.29. The minimum atomic E-state index is 0.0961. The number of ether oxygens (including phenoxy) is 1. The van der Waals surface area contributed by atoms with Crippen LogP contribution in [-0.4, -0.2) is 59.6 Å². The van der Waals surface area contributed by atoms with Gasteiger partial charge in [-0.2, -0.15) is 0 Å². The van der Waals surface area contributed by atoms with Crippen molar-refractivity contribution in [3.63, 3.8) is 0 Å². The lowest BCUT2D eigenvalue weighted by Crippen LogP contribution is -2.41. The summed E-state index contributed by atoms with van der Waals surface area (Å²) in [7, 11) is 0. The van der Waals surface area contributed by atoms with Gasteiger partial charge in [0.2, 0.25) is 11.8 Å². The molecule has 2 aliphatic rings. The first-order valence-corrected chi connectivity index (χ1v) is 8.60. The third-order valence-electron chi connectivity index (χ3n) is 4.92. The molecule has 3 rings (SSSR count). The molecule has 2 saturated heterocycles. The maximum absolute atomic E-state index is 12.1. The van der Waals surface area contributed by atoms with E-state index >= 15 is 0 Å². The number of aryl methyl sites for hydroxylation is 1. The second-order valence-corrected chi connectivity index (χ2v) is 6.77. The van der Waals surface area contributed by atoms with Crippen LogP contribution in [0.15, 0.2) is 10.6 Å². The summed E-state index contributed by atoms with van der Waals surface area (Å²) in [6.07, 6.45) is 5.06. The second kappa shape index (κ2) is 7.45. The number of carbonyl (C=O) groups excluding carboxylic acids is 1. The summed E-state index contributed by atoms with van der Waals surface area (Å²) in [5.41, 5.74) is 0. The van der Waals surface area contributed by atoms with Gasteiger partial charge < -0.3 is 19.0 Å². The van der Waals surface area contributed by atoms with Crippen molar-refractivity contribution in [3.8, 4) is 0 Å². The number of nitrogens with zero attached hydrogens (tertiary/aromatic N) is 3. The number of rotatable bonds is 5. The Labute approximate surface area is 137 Å². The predicted octanol–water partition coefficient (Wildman–Crippen LogP) is 1.83. The Bertz CT molecular complexity index is 525. The highest BCUT2D eigenvalue weighted by Crippen LogP contribution is 2.22. The van der Waals surface area contributed by atoms with Gasteiger partial charge in [-0.15, -0.1) is 0 Å². The van der Waals surface area contributed by atoms with Gasteiger partial charge in [-0.3, -0.25) is 4.79 Å². The van der Waals surface area contributed by atoms with Crippen LogP contribution in [0, 0.1) is 12.8 Å². The number of carbonyl (C=O) groups is 1. The molecule has 0 aliphatic carbocycles. The quantitative estimate of drug-likeness (QED) is 0.828. The first kappa shape index (κ1) is 16.5. The van der Waals surface area contributed by atoms with E-state index in [0.29, 0.717) is 12.4 Å². The third-order valence-corrected chi connectivity index (χ3v) is 4.92. The van der Waals surface area contributed by atoms with Crippen LogP contribution < -0.4 is 0 Å². The molecule has 0 unspecified atom stereocenters. The summed E-state index contributed by atoms with van der Waals surface area (Å²) in [4.78, 5) is 20.7. The molecule has 128 valence electrons. The minimum absolute atomic E-state index is 0.0961. The summed E-state index contributed by atoms with van der Waals surface area (Å²) in [6.45, 7) is 8.92. The molecule has 0 saturated carbocycles. The van der Waals surface area contributed by atoms with Crippen molar-refractivity contribution in [1.82, 2.24) is 14.8 Å². The first-order chi connectivity index (χ1) is 11.1. The van der Waals surface area contributed by atoms with E-state index in [4.69, 9.17) is 9.15 Å². The Balaban J connectivity index is 1.55. The van der Waals surface area contributed by atoms with Crippen molar-refractivity contribution in [1.29, 1.82) is 0 Å². The molecule has 23 heavy (non-hydrogen) atoms. The van der Waals surface area contributed by atoms with Crippen molar-refractivity contribution < 1.29 is 13.9 Å². The van der Waals surface area contributed by atoms with Gasteiger partial charge in [0.1, 0.15) is 5.76 Å². The van der Waals surface area contributed by atoms with Crippen LogP contribution >= 0.6 is 0 Å². The van der Waals surface area contributed by atoms with E-state index in [-0.39, 0.29) is 11.9 Å². The molecule has 6 nitrogen and oxygen atoms in total. The fourth-order valence-electron chi connectivity index (χ4n) is 3.64. The van der Waals surface area contributed by atoms with E-state index in [2.05, 4.69) is 9.88 Å². The van der Waals surface area contributed by atoms with Gasteiger partial charge in [0, 0.05) is 45.8 Å². The third kappa shape index (κ3) is 4.32. The maximum atomic E-state index is 12.1. The van der Waals surface area contributed by atoms with Crippen LogP contribution in [0.3, 0.4) is 0 Å². The number of aromatic nitrogens is 1. The first-order valence-electron chi connectivity index (χ1n) is 8.60. The topological polar surface area (TPSA) is 58.8 Å². The van der Waals surface area contributed by atoms with Gasteiger partial charge in [-0.25, -0.2) is 4.98 Å². The Morgan fingerprint density at radius 3 is 2.83 bits per heavy atom. The Kier molecular flexibility index (Phi) is 5.33. The number of hydrogen-bond acceptors (Lipinski definition) is 5. The minimum Gasteiger partial charge on any atom is -0.444 e. The summed E-state index contributed by atoms with van der Waals surface area (Å²) in [6, 6.07) is 0.263. The van der Waals surface area contributed by atoms with E-state index in [1.54, 1.807) is 13.1 Å². The SMILES string of the molecule is CC(=O)N(Cc1ncc(C)o1)[C@@H]1CCN(CC2CCOCC2)C1. The molecule has 1 aromatic heterocycles. The molecule has 0 bridgehead atoms. The smallest absolute Gasteiger partial charge is 0.220 e. The molecule has 1 atom stereocenters. The lowest BCUT2D eigenvalue weighted by molar-refractivity contribution is -0.132. The van der Waals surface area contributed by atoms with E-state index < -0.39 is 0 Å². The van der Waals surface area contributed by atoms with Crippen LogP contribution in [0.5, 0.6) is 0 Å². The fraction of sp³-hybridized carbons (Fsp3) is 0.765. The predicted molar refractivity (Wildman–Crippen MR) is 85.9 cm³/mol. The Hall–Kier alpha value is -1.40. The van der Waals surface area contributed by atoms with Crippen molar-refractivity contribution in [2.45, 2.75) is 45.7 Å². The van der Waals surface area contributed by atoms with Gasteiger partial charge in [-0.05, 0) is 32.1 Å². The number of hydrogen-bond donors (Lipinski definition) is 0. The molecular weight excluding hydrogens is 294 g/mol. The van der Waals surface area contributed by atoms with Crippen molar-refractivity contribution >= 4 is 5.91 Å². The van der Waals surface area contributed by atoms with Gasteiger partial charge in [0.25, 0.3) is 0 Å². The van der Waals surface area contributed by atoms with E-state index in [1.807, 2.05) is 11.8 Å². The van der Waals surface area contributed by atoms with Gasteiger partial charge >= 0.3 is 0 Å². The van der Waals surface area contributed by atoms with E-state index in [9.17, 15) is 4.79 Å². The average molecular weight is 321 g/mol. The molecule has 0 N–H and O–H groups in total. The van der Waals surface area contributed by atoms with Crippen molar-refractivity contribution in [2.24, 2.45) is 5.92 Å². The maximum Gasteiger partial charge on any atom is 0.220 e. The van der Waals surface area contributed by atoms with Crippen molar-refractivity contribution in [2.75, 3.05) is 32.8 Å². The van der Waals surface area contributed by atoms with Gasteiger partial charge in [0.15, 0.2) is 0 Å². The highest BCUT2D eigenvalue weighted by atomic mass is 16.5. The molecule has 1 amide bonds. The molecule has 0 spiro atoms. The lowest BCUT2D eigenvalue weighted by atomic mass is 10.00. The van der Waals surface area contributed by atoms with Crippen LogP contribution in [0.1, 0.15) is 37.8 Å². The molecule has 2 fully saturated rings. The molecule has 0 aromatic carbocycles. The zero-order chi connectivity index (χ0) is 16.2. The number of amides is 1. The van der Waals surface area contributed by atoms with Crippen LogP contribution in [0.2, 0.25) is 0 Å². The monoisotopic (exact) mass is 321 g/mol. The average Bonchev–Trinajstić information content (AvgIpc) is 3.15. The summed E-state index contributed by atoms with van der Waals surface area (Å²) in [5.74, 6) is 2.25. The van der Waals surface area contributed by atoms with E-state index in [0.717, 1.165) is 63.8 Å². The molecule has 0 radical (unpaired) electrons. The molecule has 2 aliphatic heterocycles. The van der Waals surface area contributed by atoms with Crippen LogP contribution in [0.4, 0.5) is 0 Å². The van der Waals surface area contributed by atoms with Crippen molar-refractivity contribution in [3.05, 3.63) is 17.8 Å². The summed E-state index contributed by atoms with van der Waals surface area (Å²) < 4.78 is 11.0. The summed E-state index contributed by atoms with van der Waals surface area (Å²) >= 11 is 0. The number of likely N-dealkylation sites (tertiary alicyclic amines) is 1. The Morgan fingerprint density at radius 1 is 1.39 bits per heavy atom. The van der Waals surface area contributed by atoms with E-state index in [1.165, 1.54) is 0 Å². The molecular formula is C17H27N3O3. The number of oxazole rings is 1. The molecule has 6 heteroatoms.